The van der Waals surface area contributed by atoms with E-state index in [9.17, 15) is 9.59 Å². The third kappa shape index (κ3) is 7.22. The molecule has 186 valence electrons. The summed E-state index contributed by atoms with van der Waals surface area (Å²) in [6.07, 6.45) is 0.660. The Kier molecular flexibility index (Phi) is 9.60. The Bertz CT molecular complexity index is 1200. The predicted molar refractivity (Wildman–Crippen MR) is 142 cm³/mol. The number of nitrogens with zero attached hydrogens (tertiary/aromatic N) is 3. The number of hydrogen-bond acceptors (Lipinski definition) is 5. The summed E-state index contributed by atoms with van der Waals surface area (Å²) >= 11 is 13.5. The van der Waals surface area contributed by atoms with E-state index in [0.717, 1.165) is 11.3 Å². The number of aryl methyl sites for hydroxylation is 1. The first-order chi connectivity index (χ1) is 16.7. The summed E-state index contributed by atoms with van der Waals surface area (Å²) in [4.78, 5) is 25.5. The van der Waals surface area contributed by atoms with E-state index in [1.165, 1.54) is 11.8 Å². The summed E-state index contributed by atoms with van der Waals surface area (Å²) in [7, 11) is 0. The largest absolute Gasteiger partial charge is 0.342 e. The molecule has 1 heterocycles. The topological polar surface area (TPSA) is 88.9 Å². The van der Waals surface area contributed by atoms with Crippen LogP contribution in [0, 0.1) is 12.8 Å². The molecule has 3 aromatic rings. The number of hydrogen-bond donors (Lipinski definition) is 2. The monoisotopic (exact) mass is 533 g/mol. The zero-order valence-electron chi connectivity index (χ0n) is 20.1. The molecule has 2 N–H and O–H groups in total. The highest BCUT2D eigenvalue weighted by molar-refractivity contribution is 7.99. The third-order valence-corrected chi connectivity index (χ3v) is 6.83. The molecule has 0 spiro atoms. The lowest BCUT2D eigenvalue weighted by Crippen LogP contribution is -2.32. The third-order valence-electron chi connectivity index (χ3n) is 5.31. The van der Waals surface area contributed by atoms with Gasteiger partial charge in [0.1, 0.15) is 0 Å². The second-order valence-electron chi connectivity index (χ2n) is 8.52. The molecule has 2 amide bonds. The number of benzene rings is 2. The van der Waals surface area contributed by atoms with E-state index >= 15 is 0 Å². The van der Waals surface area contributed by atoms with Crippen molar-refractivity contribution < 1.29 is 9.59 Å². The molecule has 35 heavy (non-hydrogen) atoms. The summed E-state index contributed by atoms with van der Waals surface area (Å²) < 4.78 is 1.93. The zero-order chi connectivity index (χ0) is 25.5. The highest BCUT2D eigenvalue weighted by atomic mass is 35.5. The van der Waals surface area contributed by atoms with Crippen LogP contribution in [0.2, 0.25) is 10.0 Å². The first kappa shape index (κ1) is 27.0. The van der Waals surface area contributed by atoms with Gasteiger partial charge >= 0.3 is 0 Å². The number of thioether (sulfide) groups is 1. The summed E-state index contributed by atoms with van der Waals surface area (Å²) in [6, 6.07) is 12.0. The Labute approximate surface area is 220 Å². The Morgan fingerprint density at radius 1 is 1.11 bits per heavy atom. The molecule has 0 aliphatic carbocycles. The Morgan fingerprint density at radius 2 is 1.86 bits per heavy atom. The second-order valence-corrected chi connectivity index (χ2v) is 10.3. The van der Waals surface area contributed by atoms with E-state index in [0.29, 0.717) is 40.5 Å². The van der Waals surface area contributed by atoms with Crippen molar-refractivity contribution in [1.29, 1.82) is 0 Å². The molecule has 10 heteroatoms. The van der Waals surface area contributed by atoms with Crippen LogP contribution in [-0.2, 0) is 11.3 Å². The molecule has 0 aliphatic rings. The average Bonchev–Trinajstić information content (AvgIpc) is 3.21. The minimum atomic E-state index is -0.378. The van der Waals surface area contributed by atoms with Crippen molar-refractivity contribution >= 4 is 52.5 Å². The van der Waals surface area contributed by atoms with Crippen molar-refractivity contribution in [2.24, 2.45) is 5.92 Å². The quantitative estimate of drug-likeness (QED) is 0.304. The summed E-state index contributed by atoms with van der Waals surface area (Å²) in [5.41, 5.74) is 2.13. The van der Waals surface area contributed by atoms with Gasteiger partial charge < -0.3 is 15.2 Å². The first-order valence-corrected chi connectivity index (χ1v) is 13.1. The van der Waals surface area contributed by atoms with Crippen LogP contribution in [-0.4, -0.2) is 32.3 Å². The number of nitrogens with one attached hydrogen (secondary N) is 2. The lowest BCUT2D eigenvalue weighted by atomic mass is 10.0. The first-order valence-electron chi connectivity index (χ1n) is 11.4. The maximum absolute atomic E-state index is 13.0. The number of anilines is 1. The maximum Gasteiger partial charge on any atom is 0.253 e. The van der Waals surface area contributed by atoms with Gasteiger partial charge in [-0.15, -0.1) is 10.2 Å². The number of para-hydroxylation sites is 1. The standard InChI is InChI=1S/C25H29Cl2N5O2S/c1-5-32-23(21(12-15(2)3)29-24(34)18-11-10-17(26)13-19(18)27)30-31-25(32)35-14-22(33)28-20-9-7-6-8-16(20)4/h6-11,13,15,21H,5,12,14H2,1-4H3,(H,28,33)(H,29,34)/t21-/m0/s1. The number of carbonyl (C=O) groups is 2. The smallest absolute Gasteiger partial charge is 0.253 e. The van der Waals surface area contributed by atoms with Crippen molar-refractivity contribution in [2.45, 2.75) is 51.9 Å². The van der Waals surface area contributed by atoms with Crippen LogP contribution in [0.1, 0.15) is 55.0 Å². The molecule has 0 saturated carbocycles. The fourth-order valence-electron chi connectivity index (χ4n) is 3.60. The molecule has 0 unspecified atom stereocenters. The fourth-order valence-corrected chi connectivity index (χ4v) is 4.90. The minimum Gasteiger partial charge on any atom is -0.342 e. The van der Waals surface area contributed by atoms with Crippen LogP contribution in [0.5, 0.6) is 0 Å². The molecule has 0 radical (unpaired) electrons. The lowest BCUT2D eigenvalue weighted by Gasteiger charge is -2.21. The van der Waals surface area contributed by atoms with Gasteiger partial charge in [-0.2, -0.15) is 0 Å². The van der Waals surface area contributed by atoms with Crippen LogP contribution < -0.4 is 10.6 Å². The fraction of sp³-hybridized carbons (Fsp3) is 0.360. The lowest BCUT2D eigenvalue weighted by molar-refractivity contribution is -0.113. The summed E-state index contributed by atoms with van der Waals surface area (Å²) in [5.74, 6) is 0.685. The van der Waals surface area contributed by atoms with E-state index in [-0.39, 0.29) is 28.6 Å². The van der Waals surface area contributed by atoms with E-state index < -0.39 is 0 Å². The normalized spacial score (nSPS) is 12.0. The van der Waals surface area contributed by atoms with Gasteiger partial charge in [0.15, 0.2) is 11.0 Å². The van der Waals surface area contributed by atoms with E-state index in [4.69, 9.17) is 23.2 Å². The molecule has 0 aliphatic heterocycles. The van der Waals surface area contributed by atoms with Crippen molar-refractivity contribution in [3.05, 3.63) is 69.5 Å². The van der Waals surface area contributed by atoms with Gasteiger partial charge in [0.05, 0.1) is 22.4 Å². The van der Waals surface area contributed by atoms with Crippen molar-refractivity contribution in [3.8, 4) is 0 Å². The molecule has 1 aromatic heterocycles. The number of carbonyl (C=O) groups excluding carboxylic acids is 2. The number of aromatic nitrogens is 3. The van der Waals surface area contributed by atoms with Gasteiger partial charge in [-0.3, -0.25) is 9.59 Å². The second kappa shape index (κ2) is 12.4. The van der Waals surface area contributed by atoms with Crippen LogP contribution in [0.15, 0.2) is 47.6 Å². The van der Waals surface area contributed by atoms with Gasteiger partial charge in [0.2, 0.25) is 5.91 Å². The summed E-state index contributed by atoms with van der Waals surface area (Å²) in [5, 5.41) is 16.1. The Morgan fingerprint density at radius 3 is 2.51 bits per heavy atom. The summed E-state index contributed by atoms with van der Waals surface area (Å²) in [6.45, 7) is 8.67. The molecule has 1 atom stereocenters. The van der Waals surface area contributed by atoms with E-state index in [2.05, 4.69) is 34.7 Å². The van der Waals surface area contributed by atoms with Crippen LogP contribution >= 0.6 is 35.0 Å². The highest BCUT2D eigenvalue weighted by Gasteiger charge is 2.25. The van der Waals surface area contributed by atoms with E-state index in [1.807, 2.05) is 42.7 Å². The van der Waals surface area contributed by atoms with Crippen LogP contribution in [0.3, 0.4) is 0 Å². The molecular formula is C25H29Cl2N5O2S. The molecule has 7 nitrogen and oxygen atoms in total. The van der Waals surface area contributed by atoms with Gasteiger partial charge in [-0.25, -0.2) is 0 Å². The zero-order valence-corrected chi connectivity index (χ0v) is 22.5. The van der Waals surface area contributed by atoms with Crippen LogP contribution in [0.4, 0.5) is 5.69 Å². The van der Waals surface area contributed by atoms with Crippen molar-refractivity contribution in [1.82, 2.24) is 20.1 Å². The van der Waals surface area contributed by atoms with Gasteiger partial charge in [-0.05, 0) is 56.0 Å². The molecule has 3 rings (SSSR count). The number of rotatable bonds is 10. The van der Waals surface area contributed by atoms with E-state index in [1.54, 1.807) is 18.2 Å². The number of halogens is 2. The van der Waals surface area contributed by atoms with Gasteiger partial charge in [-0.1, -0.05) is 67.0 Å². The maximum atomic E-state index is 13.0. The molecule has 0 saturated heterocycles. The Balaban J connectivity index is 1.75. The SMILES string of the molecule is CCn1c(SCC(=O)Nc2ccccc2C)nnc1[C@H](CC(C)C)NC(=O)c1ccc(Cl)cc1Cl. The van der Waals surface area contributed by atoms with Crippen molar-refractivity contribution in [3.63, 3.8) is 0 Å². The highest BCUT2D eigenvalue weighted by Crippen LogP contribution is 2.27. The van der Waals surface area contributed by atoms with Gasteiger partial charge in [0.25, 0.3) is 5.91 Å². The Hall–Kier alpha value is -2.55. The minimum absolute atomic E-state index is 0.124. The molecule has 2 aromatic carbocycles. The predicted octanol–water partition coefficient (Wildman–Crippen LogP) is 6.16. The van der Waals surface area contributed by atoms with Gasteiger partial charge in [0, 0.05) is 17.3 Å². The molecule has 0 fully saturated rings. The van der Waals surface area contributed by atoms with Crippen LogP contribution in [0.25, 0.3) is 0 Å². The average molecular weight is 535 g/mol. The molecule has 0 bridgehead atoms. The van der Waals surface area contributed by atoms with Crippen molar-refractivity contribution in [2.75, 3.05) is 11.1 Å². The molecular weight excluding hydrogens is 505 g/mol. The number of amides is 2.